The topological polar surface area (TPSA) is 36.4 Å². The van der Waals surface area contributed by atoms with Gasteiger partial charge in [0.05, 0.1) is 15.5 Å². The van der Waals surface area contributed by atoms with Crippen LogP contribution in [-0.4, -0.2) is 12.0 Å². The fourth-order valence-electron chi connectivity index (χ4n) is 2.03. The van der Waals surface area contributed by atoms with E-state index in [4.69, 9.17) is 4.99 Å². The first kappa shape index (κ1) is 10.9. The monoisotopic (exact) mass is 317 g/mol. The van der Waals surface area contributed by atoms with E-state index in [0.29, 0.717) is 6.04 Å². The summed E-state index contributed by atoms with van der Waals surface area (Å²) in [5.41, 5.74) is 1.16. The van der Waals surface area contributed by atoms with Gasteiger partial charge in [-0.25, -0.2) is 4.99 Å². The molecule has 3 rings (SSSR count). The summed E-state index contributed by atoms with van der Waals surface area (Å²) >= 11 is 6.88. The molecule has 0 radical (unpaired) electrons. The van der Waals surface area contributed by atoms with Gasteiger partial charge in [0.2, 0.25) is 5.96 Å². The van der Waals surface area contributed by atoms with Crippen molar-refractivity contribution in [2.75, 3.05) is 5.32 Å². The summed E-state index contributed by atoms with van der Waals surface area (Å²) in [5, 5.41) is 3.34. The molecule has 1 aromatic rings. The summed E-state index contributed by atoms with van der Waals surface area (Å²) in [5.74, 6) is 0.912. The second kappa shape index (κ2) is 4.58. The summed E-state index contributed by atoms with van der Waals surface area (Å²) in [4.78, 5) is 4.71. The lowest BCUT2D eigenvalue weighted by Crippen LogP contribution is -2.29. The number of nitrogens with one attached hydrogen (secondary N) is 2. The lowest BCUT2D eigenvalue weighted by Gasteiger charge is -2.18. The van der Waals surface area contributed by atoms with Crippen LogP contribution >= 0.6 is 39.2 Å². The van der Waals surface area contributed by atoms with Gasteiger partial charge in [0.1, 0.15) is 4.21 Å². The van der Waals surface area contributed by atoms with Crippen molar-refractivity contribution in [3.8, 4) is 0 Å². The van der Waals surface area contributed by atoms with E-state index in [1.807, 2.05) is 0 Å². The number of fused-ring (bicyclic) bond motifs is 1. The molecule has 86 valence electrons. The minimum atomic E-state index is 0.513. The zero-order valence-electron chi connectivity index (χ0n) is 8.62. The maximum atomic E-state index is 4.71. The Morgan fingerprint density at radius 1 is 1.38 bits per heavy atom. The second-order valence-corrected chi connectivity index (χ2v) is 7.50. The largest absolute Gasteiger partial charge is 0.324 e. The first-order valence-corrected chi connectivity index (χ1v) is 7.81. The maximum absolute atomic E-state index is 4.71. The molecular formula is C10H12BrN3S2. The molecule has 6 heteroatoms. The minimum absolute atomic E-state index is 0.513. The molecule has 0 spiro atoms. The van der Waals surface area contributed by atoms with Gasteiger partial charge in [-0.2, -0.15) is 0 Å². The van der Waals surface area contributed by atoms with Crippen LogP contribution < -0.4 is 10.0 Å². The van der Waals surface area contributed by atoms with Gasteiger partial charge in [0, 0.05) is 11.9 Å². The highest BCUT2D eigenvalue weighted by atomic mass is 79.9. The second-order valence-electron chi connectivity index (χ2n) is 4.00. The van der Waals surface area contributed by atoms with Crippen LogP contribution in [0.2, 0.25) is 0 Å². The van der Waals surface area contributed by atoms with Gasteiger partial charge in [0.25, 0.3) is 0 Å². The molecule has 1 aliphatic heterocycles. The maximum Gasteiger partial charge on any atom is 0.206 e. The molecule has 2 heterocycles. The fourth-order valence-corrected chi connectivity index (χ4v) is 4.71. The van der Waals surface area contributed by atoms with E-state index < -0.39 is 0 Å². The van der Waals surface area contributed by atoms with Gasteiger partial charge in [-0.15, -0.1) is 11.3 Å². The molecule has 0 unspecified atom stereocenters. The highest BCUT2D eigenvalue weighted by molar-refractivity contribution is 9.11. The molecule has 0 atom stereocenters. The lowest BCUT2D eigenvalue weighted by molar-refractivity contribution is 0.704. The third-order valence-electron chi connectivity index (χ3n) is 2.80. The van der Waals surface area contributed by atoms with Crippen LogP contribution in [0.3, 0.4) is 0 Å². The molecule has 16 heavy (non-hydrogen) atoms. The van der Waals surface area contributed by atoms with Gasteiger partial charge in [0.15, 0.2) is 0 Å². The molecule has 0 saturated heterocycles. The Hall–Kier alpha value is -0.200. The lowest BCUT2D eigenvalue weighted by atomic mass is 10.3. The quantitative estimate of drug-likeness (QED) is 0.773. The molecular weight excluding hydrogens is 306 g/mol. The Balaban J connectivity index is 1.76. The van der Waals surface area contributed by atoms with Crippen molar-refractivity contribution in [1.82, 2.24) is 4.72 Å². The number of anilines is 1. The Morgan fingerprint density at radius 3 is 3.00 bits per heavy atom. The van der Waals surface area contributed by atoms with E-state index >= 15 is 0 Å². The molecule has 1 fully saturated rings. The number of guanidine groups is 1. The Labute approximate surface area is 111 Å². The highest BCUT2D eigenvalue weighted by Gasteiger charge is 2.19. The van der Waals surface area contributed by atoms with Crippen LogP contribution in [0.4, 0.5) is 5.69 Å². The SMILES string of the molecule is Brc1cc2c(s1)SNC(=NC1CCCC1)N2. The number of nitrogens with zero attached hydrogens (tertiary/aromatic N) is 1. The average Bonchev–Trinajstić information content (AvgIpc) is 2.85. The van der Waals surface area contributed by atoms with Crippen LogP contribution in [0, 0.1) is 0 Å². The predicted molar refractivity (Wildman–Crippen MR) is 74.3 cm³/mol. The third-order valence-corrected chi connectivity index (χ3v) is 5.43. The van der Waals surface area contributed by atoms with E-state index in [9.17, 15) is 0 Å². The van der Waals surface area contributed by atoms with Crippen LogP contribution in [0.15, 0.2) is 19.1 Å². The molecule has 3 nitrogen and oxygen atoms in total. The molecule has 0 bridgehead atoms. The van der Waals surface area contributed by atoms with E-state index in [1.54, 1.807) is 23.3 Å². The number of hydrogen-bond acceptors (Lipinski definition) is 3. The predicted octanol–water partition coefficient (Wildman–Crippen LogP) is 3.83. The van der Waals surface area contributed by atoms with Crippen LogP contribution in [0.5, 0.6) is 0 Å². The summed E-state index contributed by atoms with van der Waals surface area (Å²) in [7, 11) is 0. The summed E-state index contributed by atoms with van der Waals surface area (Å²) in [6.45, 7) is 0. The fraction of sp³-hybridized carbons (Fsp3) is 0.500. The number of halogens is 1. The summed E-state index contributed by atoms with van der Waals surface area (Å²) in [6.07, 6.45) is 5.11. The van der Waals surface area contributed by atoms with Crippen LogP contribution in [0.1, 0.15) is 25.7 Å². The number of rotatable bonds is 1. The van der Waals surface area contributed by atoms with E-state index in [0.717, 1.165) is 15.4 Å². The van der Waals surface area contributed by atoms with E-state index in [1.165, 1.54) is 29.9 Å². The van der Waals surface area contributed by atoms with Crippen LogP contribution in [0.25, 0.3) is 0 Å². The number of hydrogen-bond donors (Lipinski definition) is 2. The molecule has 2 N–H and O–H groups in total. The standard InChI is InChI=1S/C10H12BrN3S2/c11-8-5-7-9(15-8)16-14-10(13-7)12-6-3-1-2-4-6/h5-6H,1-4H2,(H2,12,13,14). The van der Waals surface area contributed by atoms with Crippen molar-refractivity contribution >= 4 is 50.9 Å². The normalized spacial score (nSPS) is 22.9. The van der Waals surface area contributed by atoms with Gasteiger partial charge in [-0.3, -0.25) is 4.72 Å². The zero-order valence-corrected chi connectivity index (χ0v) is 11.8. The molecule has 0 amide bonds. The van der Waals surface area contributed by atoms with Crippen LogP contribution in [-0.2, 0) is 0 Å². The van der Waals surface area contributed by atoms with Crippen molar-refractivity contribution in [3.63, 3.8) is 0 Å². The summed E-state index contributed by atoms with van der Waals surface area (Å²) in [6, 6.07) is 2.62. The van der Waals surface area contributed by atoms with Crippen molar-refractivity contribution < 1.29 is 0 Å². The van der Waals surface area contributed by atoms with E-state index in [-0.39, 0.29) is 0 Å². The summed E-state index contributed by atoms with van der Waals surface area (Å²) < 4.78 is 5.68. The molecule has 2 aliphatic rings. The average molecular weight is 318 g/mol. The first-order chi connectivity index (χ1) is 7.81. The van der Waals surface area contributed by atoms with Gasteiger partial charge in [-0.05, 0) is 34.8 Å². The van der Waals surface area contributed by atoms with Crippen molar-refractivity contribution in [3.05, 3.63) is 9.85 Å². The van der Waals surface area contributed by atoms with Crippen molar-refractivity contribution in [2.45, 2.75) is 35.9 Å². The molecule has 1 aliphatic carbocycles. The third kappa shape index (κ3) is 2.24. The van der Waals surface area contributed by atoms with Gasteiger partial charge in [-0.1, -0.05) is 12.8 Å². The number of thiophene rings is 1. The highest BCUT2D eigenvalue weighted by Crippen LogP contribution is 2.39. The van der Waals surface area contributed by atoms with E-state index in [2.05, 4.69) is 32.0 Å². The van der Waals surface area contributed by atoms with Crippen molar-refractivity contribution in [1.29, 1.82) is 0 Å². The molecule has 1 aromatic heterocycles. The zero-order chi connectivity index (χ0) is 11.0. The molecule has 1 saturated carbocycles. The smallest absolute Gasteiger partial charge is 0.206 e. The Bertz CT molecular complexity index is 424. The minimum Gasteiger partial charge on any atom is -0.324 e. The van der Waals surface area contributed by atoms with Gasteiger partial charge < -0.3 is 5.32 Å². The van der Waals surface area contributed by atoms with Gasteiger partial charge >= 0.3 is 0 Å². The Morgan fingerprint density at radius 2 is 2.19 bits per heavy atom. The first-order valence-electron chi connectivity index (χ1n) is 5.38. The number of aliphatic imine (C=N–C) groups is 1. The molecule has 0 aromatic carbocycles. The Kier molecular flexibility index (Phi) is 3.13. The van der Waals surface area contributed by atoms with Crippen molar-refractivity contribution in [2.24, 2.45) is 4.99 Å².